The zero-order valence-electron chi connectivity index (χ0n) is 16.5. The minimum atomic E-state index is -0.323. The molecule has 0 fully saturated rings. The fraction of sp³-hybridized carbons (Fsp3) is 0.182. The summed E-state index contributed by atoms with van der Waals surface area (Å²) in [5.74, 6) is -0.0677. The Morgan fingerprint density at radius 2 is 1.62 bits per heavy atom. The van der Waals surface area contributed by atoms with Crippen molar-refractivity contribution in [1.82, 2.24) is 4.68 Å². The molecule has 7 heteroatoms. The molecule has 3 aromatic rings. The molecular formula is C22H22ClN3O3. The molecule has 29 heavy (non-hydrogen) atoms. The molecule has 0 radical (unpaired) electrons. The Balaban J connectivity index is 1.55. The number of carbonyl (C=O) groups is 2. The molecule has 1 heterocycles. The third kappa shape index (κ3) is 5.18. The fourth-order valence-electron chi connectivity index (χ4n) is 2.77. The first-order valence-electron chi connectivity index (χ1n) is 9.08. The number of hydrogen-bond donors (Lipinski definition) is 2. The number of rotatable bonds is 6. The van der Waals surface area contributed by atoms with Gasteiger partial charge in [-0.05, 0) is 74.9 Å². The van der Waals surface area contributed by atoms with Crippen molar-refractivity contribution in [2.45, 2.75) is 20.8 Å². The number of aromatic nitrogens is 1. The lowest BCUT2D eigenvalue weighted by Gasteiger charge is -2.12. The van der Waals surface area contributed by atoms with E-state index in [4.69, 9.17) is 16.3 Å². The van der Waals surface area contributed by atoms with Gasteiger partial charge in [0.15, 0.2) is 6.61 Å². The zero-order valence-corrected chi connectivity index (χ0v) is 17.2. The predicted molar refractivity (Wildman–Crippen MR) is 114 cm³/mol. The van der Waals surface area contributed by atoms with Gasteiger partial charge in [-0.25, -0.2) is 0 Å². The van der Waals surface area contributed by atoms with Gasteiger partial charge in [0, 0.05) is 17.0 Å². The molecule has 0 bridgehead atoms. The van der Waals surface area contributed by atoms with Crippen LogP contribution in [0.2, 0.25) is 5.02 Å². The van der Waals surface area contributed by atoms with Crippen LogP contribution in [0.3, 0.4) is 0 Å². The molecule has 0 unspecified atom stereocenters. The third-order valence-corrected chi connectivity index (χ3v) is 4.68. The second-order valence-electron chi connectivity index (χ2n) is 6.74. The minimum absolute atomic E-state index is 0.169. The summed E-state index contributed by atoms with van der Waals surface area (Å²) in [6.07, 6.45) is 0. The summed E-state index contributed by atoms with van der Waals surface area (Å²) in [4.78, 5) is 24.5. The molecule has 1 aromatic heterocycles. The van der Waals surface area contributed by atoms with E-state index in [1.807, 2.05) is 39.0 Å². The van der Waals surface area contributed by atoms with Crippen LogP contribution >= 0.6 is 11.6 Å². The normalized spacial score (nSPS) is 10.5. The summed E-state index contributed by atoms with van der Waals surface area (Å²) in [7, 11) is 0. The van der Waals surface area contributed by atoms with Gasteiger partial charge in [-0.2, -0.15) is 0 Å². The van der Waals surface area contributed by atoms with E-state index in [2.05, 4.69) is 10.7 Å². The largest absolute Gasteiger partial charge is 0.484 e. The number of ether oxygens (including phenoxy) is 1. The second kappa shape index (κ2) is 8.84. The van der Waals surface area contributed by atoms with Crippen LogP contribution < -0.4 is 15.5 Å². The van der Waals surface area contributed by atoms with Crippen LogP contribution in [0.1, 0.15) is 27.3 Å². The smallest absolute Gasteiger partial charge is 0.270 e. The highest BCUT2D eigenvalue weighted by molar-refractivity contribution is 6.33. The topological polar surface area (TPSA) is 72.4 Å². The highest BCUT2D eigenvalue weighted by Crippen LogP contribution is 2.22. The summed E-state index contributed by atoms with van der Waals surface area (Å²) in [5, 5.41) is 3.18. The van der Waals surface area contributed by atoms with E-state index in [9.17, 15) is 9.59 Å². The van der Waals surface area contributed by atoms with Gasteiger partial charge in [0.05, 0.1) is 10.7 Å². The first-order valence-corrected chi connectivity index (χ1v) is 9.46. The van der Waals surface area contributed by atoms with Crippen LogP contribution in [0.25, 0.3) is 0 Å². The lowest BCUT2D eigenvalue weighted by atomic mass is 10.2. The van der Waals surface area contributed by atoms with Crippen molar-refractivity contribution >= 4 is 29.1 Å². The quantitative estimate of drug-likeness (QED) is 0.628. The molecule has 0 aliphatic rings. The maximum atomic E-state index is 12.4. The van der Waals surface area contributed by atoms with E-state index >= 15 is 0 Å². The number of hydrogen-bond acceptors (Lipinski definition) is 3. The van der Waals surface area contributed by atoms with Crippen molar-refractivity contribution in [3.05, 3.63) is 82.1 Å². The lowest BCUT2D eigenvalue weighted by Crippen LogP contribution is -2.24. The molecule has 0 saturated heterocycles. The number of anilines is 1. The number of nitrogens with one attached hydrogen (secondary N) is 2. The number of nitrogens with zero attached hydrogens (tertiary/aromatic N) is 1. The fourth-order valence-corrected chi connectivity index (χ4v) is 3.05. The van der Waals surface area contributed by atoms with Crippen molar-refractivity contribution in [2.24, 2.45) is 0 Å². The van der Waals surface area contributed by atoms with Crippen LogP contribution in [0.15, 0.2) is 54.6 Å². The Hall–Kier alpha value is -3.25. The molecule has 0 spiro atoms. The standard InChI is InChI=1S/C22H22ClN3O3/c1-14-4-11-20(19(23)12-14)24-21(27)13-29-18-9-7-17(8-10-18)22(28)25-26-15(2)5-6-16(26)3/h4-12H,13H2,1-3H3,(H,24,27)(H,25,28). The van der Waals surface area contributed by atoms with Gasteiger partial charge in [-0.15, -0.1) is 0 Å². The third-order valence-electron chi connectivity index (χ3n) is 4.37. The maximum absolute atomic E-state index is 12.4. The van der Waals surface area contributed by atoms with Crippen LogP contribution in [-0.2, 0) is 4.79 Å². The molecule has 2 amide bonds. The number of halogens is 1. The van der Waals surface area contributed by atoms with Crippen molar-refractivity contribution in [1.29, 1.82) is 0 Å². The Morgan fingerprint density at radius 3 is 2.24 bits per heavy atom. The SMILES string of the molecule is Cc1ccc(NC(=O)COc2ccc(C(=O)Nn3c(C)ccc3C)cc2)c(Cl)c1. The molecule has 2 aromatic carbocycles. The van der Waals surface area contributed by atoms with E-state index in [0.717, 1.165) is 17.0 Å². The van der Waals surface area contributed by atoms with Gasteiger partial charge in [0.2, 0.25) is 0 Å². The van der Waals surface area contributed by atoms with Crippen LogP contribution in [-0.4, -0.2) is 23.1 Å². The molecule has 150 valence electrons. The van der Waals surface area contributed by atoms with Gasteiger partial charge in [0.1, 0.15) is 5.75 Å². The first-order chi connectivity index (χ1) is 13.8. The van der Waals surface area contributed by atoms with Gasteiger partial charge in [-0.1, -0.05) is 17.7 Å². The van der Waals surface area contributed by atoms with Gasteiger partial charge < -0.3 is 10.1 Å². The lowest BCUT2D eigenvalue weighted by molar-refractivity contribution is -0.118. The molecular weight excluding hydrogens is 390 g/mol. The number of carbonyl (C=O) groups excluding carboxylic acids is 2. The predicted octanol–water partition coefficient (Wildman–Crippen LogP) is 4.47. The van der Waals surface area contributed by atoms with Crippen LogP contribution in [0, 0.1) is 20.8 Å². The summed E-state index contributed by atoms with van der Waals surface area (Å²) in [5.41, 5.74) is 6.75. The molecule has 2 N–H and O–H groups in total. The van der Waals surface area contributed by atoms with E-state index in [1.165, 1.54) is 0 Å². The van der Waals surface area contributed by atoms with Crippen molar-refractivity contribution in [3.63, 3.8) is 0 Å². The Morgan fingerprint density at radius 1 is 0.966 bits per heavy atom. The molecule has 6 nitrogen and oxygen atoms in total. The zero-order chi connectivity index (χ0) is 21.0. The van der Waals surface area contributed by atoms with Crippen molar-refractivity contribution in [2.75, 3.05) is 17.3 Å². The first kappa shape index (κ1) is 20.5. The van der Waals surface area contributed by atoms with Gasteiger partial charge in [-0.3, -0.25) is 19.7 Å². The Labute approximate surface area is 174 Å². The minimum Gasteiger partial charge on any atom is -0.484 e. The van der Waals surface area contributed by atoms with Crippen molar-refractivity contribution in [3.8, 4) is 5.75 Å². The second-order valence-corrected chi connectivity index (χ2v) is 7.14. The summed E-state index contributed by atoms with van der Waals surface area (Å²) in [6.45, 7) is 5.58. The molecule has 0 atom stereocenters. The van der Waals surface area contributed by atoms with Gasteiger partial charge in [0.25, 0.3) is 11.8 Å². The van der Waals surface area contributed by atoms with Crippen LogP contribution in [0.5, 0.6) is 5.75 Å². The monoisotopic (exact) mass is 411 g/mol. The number of aryl methyl sites for hydroxylation is 3. The van der Waals surface area contributed by atoms with E-state index in [1.54, 1.807) is 41.1 Å². The van der Waals surface area contributed by atoms with E-state index in [-0.39, 0.29) is 18.4 Å². The van der Waals surface area contributed by atoms with E-state index < -0.39 is 0 Å². The summed E-state index contributed by atoms with van der Waals surface area (Å²) < 4.78 is 7.22. The highest BCUT2D eigenvalue weighted by atomic mass is 35.5. The summed E-state index contributed by atoms with van der Waals surface area (Å²) >= 11 is 6.11. The average Bonchev–Trinajstić information content (AvgIpc) is 3.01. The molecule has 0 aliphatic carbocycles. The average molecular weight is 412 g/mol. The van der Waals surface area contributed by atoms with Crippen LogP contribution in [0.4, 0.5) is 5.69 Å². The van der Waals surface area contributed by atoms with Crippen molar-refractivity contribution < 1.29 is 14.3 Å². The number of amides is 2. The maximum Gasteiger partial charge on any atom is 0.270 e. The highest BCUT2D eigenvalue weighted by Gasteiger charge is 2.10. The molecule has 0 aliphatic heterocycles. The van der Waals surface area contributed by atoms with E-state index in [0.29, 0.717) is 22.0 Å². The Kier molecular flexibility index (Phi) is 6.24. The summed E-state index contributed by atoms with van der Waals surface area (Å²) in [6, 6.07) is 15.8. The molecule has 0 saturated carbocycles. The molecule has 3 rings (SSSR count). The number of benzene rings is 2. The van der Waals surface area contributed by atoms with Gasteiger partial charge >= 0.3 is 0 Å². The Bertz CT molecular complexity index is 1020.